The third kappa shape index (κ3) is 4.67. The van der Waals surface area contributed by atoms with Crippen molar-refractivity contribution in [2.75, 3.05) is 0 Å². The number of halogens is 1. The number of nitrogens with zero attached hydrogens (tertiary/aromatic N) is 1. The quantitative estimate of drug-likeness (QED) is 0.606. The lowest BCUT2D eigenvalue weighted by Gasteiger charge is -2.16. The fourth-order valence-corrected chi connectivity index (χ4v) is 3.81. The summed E-state index contributed by atoms with van der Waals surface area (Å²) >= 11 is 5.05. The lowest BCUT2D eigenvalue weighted by molar-refractivity contribution is 0.237. The number of thiazole rings is 1. The van der Waals surface area contributed by atoms with Gasteiger partial charge in [0.15, 0.2) is 0 Å². The van der Waals surface area contributed by atoms with Crippen LogP contribution in [0.5, 0.6) is 0 Å². The number of nitrogens with one attached hydrogen (secondary N) is 2. The van der Waals surface area contributed by atoms with E-state index >= 15 is 0 Å². The van der Waals surface area contributed by atoms with Crippen LogP contribution >= 0.6 is 27.3 Å². The van der Waals surface area contributed by atoms with Crippen molar-refractivity contribution in [1.82, 2.24) is 15.6 Å². The number of carbonyl (C=O) groups excluding carboxylic acids is 1. The number of carbonyl (C=O) groups is 1. The second-order valence-electron chi connectivity index (χ2n) is 5.56. The molecule has 3 rings (SSSR count). The monoisotopic (exact) mass is 415 g/mol. The molecule has 0 saturated carbocycles. The van der Waals surface area contributed by atoms with Gasteiger partial charge < -0.3 is 10.6 Å². The smallest absolute Gasteiger partial charge is 0.315 e. The van der Waals surface area contributed by atoms with Crippen LogP contribution in [-0.2, 0) is 6.54 Å². The molecule has 0 aliphatic carbocycles. The number of aromatic nitrogens is 1. The van der Waals surface area contributed by atoms with E-state index in [9.17, 15) is 4.79 Å². The topological polar surface area (TPSA) is 54.0 Å². The summed E-state index contributed by atoms with van der Waals surface area (Å²) in [4.78, 5) is 16.7. The second kappa shape index (κ2) is 8.27. The summed E-state index contributed by atoms with van der Waals surface area (Å²) in [5.41, 5.74) is 3.06. The van der Waals surface area contributed by atoms with Gasteiger partial charge in [0.05, 0.1) is 18.3 Å². The maximum absolute atomic E-state index is 12.1. The third-order valence-corrected chi connectivity index (χ3v) is 5.31. The Kier molecular flexibility index (Phi) is 5.83. The van der Waals surface area contributed by atoms with Crippen molar-refractivity contribution >= 4 is 33.3 Å². The van der Waals surface area contributed by atoms with Gasteiger partial charge in [-0.05, 0) is 18.6 Å². The van der Waals surface area contributed by atoms with E-state index in [4.69, 9.17) is 0 Å². The van der Waals surface area contributed by atoms with Crippen LogP contribution in [0.15, 0.2) is 64.5 Å². The number of hydrogen-bond donors (Lipinski definition) is 2. The van der Waals surface area contributed by atoms with Gasteiger partial charge in [-0.1, -0.05) is 64.5 Å². The average Bonchev–Trinajstić information content (AvgIpc) is 3.10. The van der Waals surface area contributed by atoms with Crippen LogP contribution in [0.25, 0.3) is 11.3 Å². The molecule has 6 heteroatoms. The molecular weight excluding hydrogens is 398 g/mol. The van der Waals surface area contributed by atoms with Crippen molar-refractivity contribution < 1.29 is 4.79 Å². The average molecular weight is 416 g/mol. The predicted octanol–water partition coefficient (Wildman–Crippen LogP) is 5.13. The lowest BCUT2D eigenvalue weighted by atomic mass is 10.1. The molecule has 1 unspecified atom stereocenters. The normalized spacial score (nSPS) is 11.8. The summed E-state index contributed by atoms with van der Waals surface area (Å²) in [6, 6.07) is 17.6. The fraction of sp³-hybridized carbons (Fsp3) is 0.158. The van der Waals surface area contributed by atoms with Crippen LogP contribution in [0.4, 0.5) is 4.79 Å². The molecule has 0 bridgehead atoms. The molecule has 0 saturated heterocycles. The van der Waals surface area contributed by atoms with Crippen molar-refractivity contribution in [2.45, 2.75) is 19.5 Å². The van der Waals surface area contributed by atoms with E-state index in [1.807, 2.05) is 66.9 Å². The minimum absolute atomic E-state index is 0.0910. The van der Waals surface area contributed by atoms with Gasteiger partial charge in [0.2, 0.25) is 0 Å². The number of rotatable bonds is 5. The molecule has 0 spiro atoms. The first-order valence-corrected chi connectivity index (χ1v) is 9.59. The molecular formula is C19H18BrN3OS. The molecule has 0 aliphatic rings. The van der Waals surface area contributed by atoms with Gasteiger partial charge in [-0.3, -0.25) is 0 Å². The fourth-order valence-electron chi connectivity index (χ4n) is 2.44. The van der Waals surface area contributed by atoms with Gasteiger partial charge in [-0.15, -0.1) is 11.3 Å². The summed E-state index contributed by atoms with van der Waals surface area (Å²) in [5.74, 6) is 0. The molecule has 0 aliphatic heterocycles. The van der Waals surface area contributed by atoms with Crippen molar-refractivity contribution in [1.29, 1.82) is 0 Å². The molecule has 25 heavy (non-hydrogen) atoms. The van der Waals surface area contributed by atoms with E-state index in [2.05, 4.69) is 31.5 Å². The third-order valence-electron chi connectivity index (χ3n) is 3.74. The molecule has 0 radical (unpaired) electrons. The number of amides is 2. The summed E-state index contributed by atoms with van der Waals surface area (Å²) in [6.07, 6.45) is 0. The van der Waals surface area contributed by atoms with Gasteiger partial charge in [0.1, 0.15) is 5.01 Å². The molecule has 1 heterocycles. The van der Waals surface area contributed by atoms with E-state index in [1.165, 1.54) is 0 Å². The van der Waals surface area contributed by atoms with Crippen LogP contribution in [0, 0.1) is 0 Å². The van der Waals surface area contributed by atoms with E-state index in [-0.39, 0.29) is 12.1 Å². The zero-order valence-corrected chi connectivity index (χ0v) is 16.1. The molecule has 3 aromatic rings. The maximum Gasteiger partial charge on any atom is 0.315 e. The highest BCUT2D eigenvalue weighted by molar-refractivity contribution is 9.10. The molecule has 128 valence electrons. The zero-order valence-electron chi connectivity index (χ0n) is 13.7. The van der Waals surface area contributed by atoms with Crippen molar-refractivity contribution in [3.8, 4) is 11.3 Å². The number of hydrogen-bond acceptors (Lipinski definition) is 3. The Morgan fingerprint density at radius 3 is 2.64 bits per heavy atom. The first-order chi connectivity index (χ1) is 12.1. The molecule has 2 amide bonds. The van der Waals surface area contributed by atoms with Crippen LogP contribution in [0.2, 0.25) is 0 Å². The second-order valence-corrected chi connectivity index (χ2v) is 7.36. The standard InChI is InChI=1S/C19H18BrN3OS/c1-13(15-9-5-6-10-16(15)20)22-19(24)21-11-18-23-17(12-25-18)14-7-3-2-4-8-14/h2-10,12-13H,11H2,1H3,(H2,21,22,24). The molecule has 1 aromatic heterocycles. The highest BCUT2D eigenvalue weighted by Crippen LogP contribution is 2.23. The van der Waals surface area contributed by atoms with Crippen LogP contribution in [0.3, 0.4) is 0 Å². The zero-order chi connectivity index (χ0) is 17.6. The SMILES string of the molecule is CC(NC(=O)NCc1nc(-c2ccccc2)cs1)c1ccccc1Br. The summed E-state index contributed by atoms with van der Waals surface area (Å²) in [7, 11) is 0. The summed E-state index contributed by atoms with van der Waals surface area (Å²) in [6.45, 7) is 2.36. The van der Waals surface area contributed by atoms with Crippen LogP contribution in [-0.4, -0.2) is 11.0 Å². The minimum atomic E-state index is -0.209. The minimum Gasteiger partial charge on any atom is -0.332 e. The van der Waals surface area contributed by atoms with Gasteiger partial charge >= 0.3 is 6.03 Å². The van der Waals surface area contributed by atoms with Crippen LogP contribution < -0.4 is 10.6 Å². The van der Waals surface area contributed by atoms with E-state index in [0.29, 0.717) is 6.54 Å². The highest BCUT2D eigenvalue weighted by atomic mass is 79.9. The Bertz CT molecular complexity index is 851. The Balaban J connectivity index is 1.54. The van der Waals surface area contributed by atoms with Gasteiger partial charge in [0.25, 0.3) is 0 Å². The van der Waals surface area contributed by atoms with Crippen molar-refractivity contribution in [2.24, 2.45) is 0 Å². The Morgan fingerprint density at radius 2 is 1.88 bits per heavy atom. The van der Waals surface area contributed by atoms with Gasteiger partial charge in [-0.25, -0.2) is 9.78 Å². The summed E-state index contributed by atoms with van der Waals surface area (Å²) in [5, 5.41) is 8.69. The van der Waals surface area contributed by atoms with Gasteiger partial charge in [0, 0.05) is 15.4 Å². The van der Waals surface area contributed by atoms with Crippen molar-refractivity contribution in [3.63, 3.8) is 0 Å². The largest absolute Gasteiger partial charge is 0.332 e. The molecule has 1 atom stereocenters. The predicted molar refractivity (Wildman–Crippen MR) is 105 cm³/mol. The van der Waals surface area contributed by atoms with E-state index < -0.39 is 0 Å². The molecule has 4 nitrogen and oxygen atoms in total. The first-order valence-electron chi connectivity index (χ1n) is 7.92. The summed E-state index contributed by atoms with van der Waals surface area (Å²) < 4.78 is 0.982. The molecule has 0 fully saturated rings. The number of urea groups is 1. The molecule has 2 N–H and O–H groups in total. The Morgan fingerprint density at radius 1 is 1.16 bits per heavy atom. The Labute approximate surface area is 159 Å². The molecule has 2 aromatic carbocycles. The maximum atomic E-state index is 12.1. The van der Waals surface area contributed by atoms with Gasteiger partial charge in [-0.2, -0.15) is 0 Å². The van der Waals surface area contributed by atoms with Crippen LogP contribution in [0.1, 0.15) is 23.5 Å². The lowest BCUT2D eigenvalue weighted by Crippen LogP contribution is -2.36. The highest BCUT2D eigenvalue weighted by Gasteiger charge is 2.12. The van der Waals surface area contributed by atoms with Crippen molar-refractivity contribution in [3.05, 3.63) is 75.0 Å². The first kappa shape index (κ1) is 17.6. The number of benzene rings is 2. The van der Waals surface area contributed by atoms with E-state index in [0.717, 1.165) is 26.3 Å². The van der Waals surface area contributed by atoms with E-state index in [1.54, 1.807) is 11.3 Å². The Hall–Kier alpha value is -2.18.